The normalized spacial score (nSPS) is 11.6. The fraction of sp³-hybridized carbons (Fsp3) is 0.312. The molecule has 3 aromatic rings. The van der Waals surface area contributed by atoms with Crippen LogP contribution in [0.5, 0.6) is 0 Å². The van der Waals surface area contributed by atoms with Crippen LogP contribution in [0.3, 0.4) is 0 Å². The summed E-state index contributed by atoms with van der Waals surface area (Å²) in [5.41, 5.74) is 3.29. The summed E-state index contributed by atoms with van der Waals surface area (Å²) in [6, 6.07) is 8.57. The van der Waals surface area contributed by atoms with E-state index >= 15 is 0 Å². The molecule has 0 radical (unpaired) electrons. The minimum absolute atomic E-state index is 0.0664. The smallest absolute Gasteiger partial charge is 0.0951 e. The van der Waals surface area contributed by atoms with Crippen molar-refractivity contribution in [1.82, 2.24) is 14.1 Å². The third kappa shape index (κ3) is 2.12. The van der Waals surface area contributed by atoms with E-state index in [0.717, 1.165) is 23.0 Å². The van der Waals surface area contributed by atoms with E-state index in [9.17, 15) is 5.11 Å². The van der Waals surface area contributed by atoms with Crippen molar-refractivity contribution in [2.75, 3.05) is 0 Å². The molecule has 0 saturated heterocycles. The van der Waals surface area contributed by atoms with Crippen molar-refractivity contribution in [2.45, 2.75) is 33.0 Å². The molecule has 1 aromatic carbocycles. The van der Waals surface area contributed by atoms with Crippen LogP contribution in [0.2, 0.25) is 0 Å². The monoisotopic (exact) mass is 269 g/mol. The van der Waals surface area contributed by atoms with E-state index in [1.807, 2.05) is 30.9 Å². The van der Waals surface area contributed by atoms with Crippen LogP contribution in [0.15, 0.2) is 43.0 Å². The van der Waals surface area contributed by atoms with Gasteiger partial charge in [0.2, 0.25) is 0 Å². The molecule has 1 N–H and O–H groups in total. The zero-order valence-electron chi connectivity index (χ0n) is 11.8. The predicted molar refractivity (Wildman–Crippen MR) is 79.6 cm³/mol. The van der Waals surface area contributed by atoms with Gasteiger partial charge in [0.15, 0.2) is 0 Å². The highest BCUT2D eigenvalue weighted by atomic mass is 16.3. The highest BCUT2D eigenvalue weighted by Gasteiger charge is 2.10. The molecule has 0 aliphatic rings. The van der Waals surface area contributed by atoms with E-state index in [-0.39, 0.29) is 6.61 Å². The average Bonchev–Trinajstić information content (AvgIpc) is 3.04. The fourth-order valence-electron chi connectivity index (χ4n) is 2.67. The summed E-state index contributed by atoms with van der Waals surface area (Å²) < 4.78 is 4.35. The van der Waals surface area contributed by atoms with Gasteiger partial charge in [-0.1, -0.05) is 18.2 Å². The second kappa shape index (κ2) is 5.13. The number of para-hydroxylation sites is 1. The van der Waals surface area contributed by atoms with E-state index in [2.05, 4.69) is 40.1 Å². The highest BCUT2D eigenvalue weighted by Crippen LogP contribution is 2.22. The van der Waals surface area contributed by atoms with E-state index in [1.54, 1.807) is 0 Å². The molecule has 0 aliphatic carbocycles. The van der Waals surface area contributed by atoms with Crippen molar-refractivity contribution in [1.29, 1.82) is 0 Å². The fourth-order valence-corrected chi connectivity index (χ4v) is 2.67. The third-order valence-corrected chi connectivity index (χ3v) is 3.68. The number of aliphatic hydroxyl groups is 1. The van der Waals surface area contributed by atoms with Crippen LogP contribution in [-0.2, 0) is 13.2 Å². The van der Waals surface area contributed by atoms with Gasteiger partial charge in [-0.25, -0.2) is 4.98 Å². The van der Waals surface area contributed by atoms with Crippen molar-refractivity contribution in [2.24, 2.45) is 0 Å². The Hall–Kier alpha value is -2.07. The Bertz CT molecular complexity index is 724. The average molecular weight is 269 g/mol. The number of nitrogens with zero attached hydrogens (tertiary/aromatic N) is 3. The molecular formula is C16H19N3O. The van der Waals surface area contributed by atoms with E-state index in [1.165, 1.54) is 5.69 Å². The molecule has 0 unspecified atom stereocenters. The van der Waals surface area contributed by atoms with Gasteiger partial charge in [-0.2, -0.15) is 0 Å². The minimum atomic E-state index is 0.0664. The molecule has 104 valence electrons. The number of imidazole rings is 1. The van der Waals surface area contributed by atoms with Crippen molar-refractivity contribution in [3.63, 3.8) is 0 Å². The van der Waals surface area contributed by atoms with Crippen LogP contribution < -0.4 is 0 Å². The molecule has 0 fully saturated rings. The zero-order valence-corrected chi connectivity index (χ0v) is 11.8. The lowest BCUT2D eigenvalue weighted by Crippen LogP contribution is -2.08. The Morgan fingerprint density at radius 3 is 2.80 bits per heavy atom. The van der Waals surface area contributed by atoms with Gasteiger partial charge in [0, 0.05) is 34.9 Å². The van der Waals surface area contributed by atoms with Gasteiger partial charge < -0.3 is 14.2 Å². The summed E-state index contributed by atoms with van der Waals surface area (Å²) in [6.45, 7) is 5.13. The molecule has 0 aliphatic heterocycles. The standard InChI is InChI=1S/C16H19N3O/c1-12(2)19-11-17-7-14(19)9-18-8-13(10-20)15-5-3-4-6-16(15)18/h3-8,11-12,20H,9-10H2,1-2H3. The van der Waals surface area contributed by atoms with Gasteiger partial charge in [0.05, 0.1) is 25.2 Å². The molecular weight excluding hydrogens is 250 g/mol. The lowest BCUT2D eigenvalue weighted by atomic mass is 10.2. The van der Waals surface area contributed by atoms with Gasteiger partial charge in [-0.05, 0) is 19.9 Å². The van der Waals surface area contributed by atoms with E-state index in [0.29, 0.717) is 6.04 Å². The summed E-state index contributed by atoms with van der Waals surface area (Å²) in [4.78, 5) is 4.25. The van der Waals surface area contributed by atoms with Crippen LogP contribution in [-0.4, -0.2) is 19.2 Å². The summed E-state index contributed by atoms with van der Waals surface area (Å²) in [7, 11) is 0. The Kier molecular flexibility index (Phi) is 3.32. The van der Waals surface area contributed by atoms with Crippen molar-refractivity contribution in [3.05, 3.63) is 54.2 Å². The molecule has 20 heavy (non-hydrogen) atoms. The number of benzene rings is 1. The maximum Gasteiger partial charge on any atom is 0.0951 e. The van der Waals surface area contributed by atoms with Gasteiger partial charge in [0.1, 0.15) is 0 Å². The Morgan fingerprint density at radius 2 is 2.05 bits per heavy atom. The van der Waals surface area contributed by atoms with Crippen molar-refractivity contribution >= 4 is 10.9 Å². The van der Waals surface area contributed by atoms with Gasteiger partial charge >= 0.3 is 0 Å². The third-order valence-electron chi connectivity index (χ3n) is 3.68. The number of aromatic nitrogens is 3. The molecule has 4 nitrogen and oxygen atoms in total. The van der Waals surface area contributed by atoms with E-state index in [4.69, 9.17) is 0 Å². The summed E-state index contributed by atoms with van der Waals surface area (Å²) >= 11 is 0. The Labute approximate surface area is 118 Å². The van der Waals surface area contributed by atoms with E-state index < -0.39 is 0 Å². The molecule has 0 saturated carbocycles. The minimum Gasteiger partial charge on any atom is -0.392 e. The van der Waals surface area contributed by atoms with Crippen LogP contribution in [0.1, 0.15) is 31.1 Å². The highest BCUT2D eigenvalue weighted by molar-refractivity contribution is 5.83. The lowest BCUT2D eigenvalue weighted by molar-refractivity contribution is 0.283. The summed E-state index contributed by atoms with van der Waals surface area (Å²) in [6.07, 6.45) is 5.81. The molecule has 2 aromatic heterocycles. The molecule has 0 spiro atoms. The van der Waals surface area contributed by atoms with Gasteiger partial charge in [0.25, 0.3) is 0 Å². The second-order valence-electron chi connectivity index (χ2n) is 5.34. The second-order valence-corrected chi connectivity index (χ2v) is 5.34. The number of hydrogen-bond donors (Lipinski definition) is 1. The molecule has 4 heteroatoms. The van der Waals surface area contributed by atoms with Crippen molar-refractivity contribution in [3.8, 4) is 0 Å². The number of aliphatic hydroxyl groups excluding tert-OH is 1. The Balaban J connectivity index is 2.05. The largest absolute Gasteiger partial charge is 0.392 e. The molecule has 0 amide bonds. The zero-order chi connectivity index (χ0) is 14.1. The quantitative estimate of drug-likeness (QED) is 0.791. The van der Waals surface area contributed by atoms with Crippen LogP contribution in [0, 0.1) is 0 Å². The SMILES string of the molecule is CC(C)n1cncc1Cn1cc(CO)c2ccccc21. The topological polar surface area (TPSA) is 43.0 Å². The number of rotatable bonds is 4. The first-order valence-electron chi connectivity index (χ1n) is 6.89. The summed E-state index contributed by atoms with van der Waals surface area (Å²) in [5, 5.41) is 10.6. The molecule has 0 bridgehead atoms. The van der Waals surface area contributed by atoms with Gasteiger partial charge in [-0.15, -0.1) is 0 Å². The van der Waals surface area contributed by atoms with Crippen LogP contribution >= 0.6 is 0 Å². The maximum atomic E-state index is 9.49. The number of hydrogen-bond acceptors (Lipinski definition) is 2. The first kappa shape index (κ1) is 12.9. The van der Waals surface area contributed by atoms with Crippen LogP contribution in [0.25, 0.3) is 10.9 Å². The predicted octanol–water partition coefficient (Wildman–Crippen LogP) is 2.96. The Morgan fingerprint density at radius 1 is 1.25 bits per heavy atom. The molecule has 3 rings (SSSR count). The maximum absolute atomic E-state index is 9.49. The first-order chi connectivity index (χ1) is 9.70. The van der Waals surface area contributed by atoms with Crippen LogP contribution in [0.4, 0.5) is 0 Å². The lowest BCUT2D eigenvalue weighted by Gasteiger charge is -2.12. The summed E-state index contributed by atoms with van der Waals surface area (Å²) in [5.74, 6) is 0. The number of fused-ring (bicyclic) bond motifs is 1. The van der Waals surface area contributed by atoms with Gasteiger partial charge in [-0.3, -0.25) is 0 Å². The van der Waals surface area contributed by atoms with Crippen molar-refractivity contribution < 1.29 is 5.11 Å². The molecule has 0 atom stereocenters. The first-order valence-corrected chi connectivity index (χ1v) is 6.89. The molecule has 2 heterocycles.